The van der Waals surface area contributed by atoms with Gasteiger partial charge in [0.25, 0.3) is 0 Å². The van der Waals surface area contributed by atoms with Crippen molar-refractivity contribution in [3.05, 3.63) is 23.2 Å². The van der Waals surface area contributed by atoms with E-state index in [1.165, 1.54) is 0 Å². The number of amides is 1. The van der Waals surface area contributed by atoms with Gasteiger partial charge in [-0.15, -0.1) is 0 Å². The molecular formula is C13H19ClN2O3. The normalized spacial score (nSPS) is 11.8. The van der Waals surface area contributed by atoms with E-state index in [0.717, 1.165) is 5.69 Å². The van der Waals surface area contributed by atoms with Crippen LogP contribution in [0, 0.1) is 0 Å². The highest BCUT2D eigenvalue weighted by Gasteiger charge is 2.07. The maximum Gasteiger partial charge on any atom is 0.239 e. The van der Waals surface area contributed by atoms with Crippen molar-refractivity contribution in [3.63, 3.8) is 0 Å². The van der Waals surface area contributed by atoms with Crippen molar-refractivity contribution in [3.8, 4) is 5.75 Å². The van der Waals surface area contributed by atoms with E-state index in [2.05, 4.69) is 10.6 Å². The van der Waals surface area contributed by atoms with Gasteiger partial charge in [0, 0.05) is 24.9 Å². The molecule has 1 aromatic rings. The summed E-state index contributed by atoms with van der Waals surface area (Å²) in [5, 5.41) is 6.34. The number of anilines is 1. The Morgan fingerprint density at radius 3 is 2.79 bits per heavy atom. The van der Waals surface area contributed by atoms with Crippen molar-refractivity contribution >= 4 is 23.2 Å². The monoisotopic (exact) mass is 286 g/mol. The molecule has 0 saturated heterocycles. The minimum atomic E-state index is -0.0986. The summed E-state index contributed by atoms with van der Waals surface area (Å²) in [5.74, 6) is 0.471. The van der Waals surface area contributed by atoms with Crippen LogP contribution in [-0.2, 0) is 9.53 Å². The third kappa shape index (κ3) is 5.36. The molecule has 2 N–H and O–H groups in total. The third-order valence-corrected chi connectivity index (χ3v) is 2.74. The lowest BCUT2D eigenvalue weighted by Gasteiger charge is -2.14. The number of carbonyl (C=O) groups is 1. The lowest BCUT2D eigenvalue weighted by atomic mass is 10.3. The molecule has 106 valence electrons. The molecule has 1 unspecified atom stereocenters. The van der Waals surface area contributed by atoms with Gasteiger partial charge in [-0.3, -0.25) is 4.79 Å². The van der Waals surface area contributed by atoms with Gasteiger partial charge in [-0.25, -0.2) is 0 Å². The van der Waals surface area contributed by atoms with E-state index in [1.807, 2.05) is 6.92 Å². The average molecular weight is 287 g/mol. The van der Waals surface area contributed by atoms with Crippen molar-refractivity contribution in [2.45, 2.75) is 13.0 Å². The molecule has 1 aromatic carbocycles. The van der Waals surface area contributed by atoms with E-state index in [-0.39, 0.29) is 18.5 Å². The van der Waals surface area contributed by atoms with Crippen molar-refractivity contribution in [2.24, 2.45) is 0 Å². The average Bonchev–Trinajstić information content (AvgIpc) is 2.38. The summed E-state index contributed by atoms with van der Waals surface area (Å²) < 4.78 is 10.0. The molecule has 5 nitrogen and oxygen atoms in total. The first-order valence-corrected chi connectivity index (χ1v) is 6.30. The Balaban J connectivity index is 2.46. The van der Waals surface area contributed by atoms with Gasteiger partial charge >= 0.3 is 0 Å². The molecule has 1 atom stereocenters. The highest BCUT2D eigenvalue weighted by Crippen LogP contribution is 2.27. The van der Waals surface area contributed by atoms with Crippen LogP contribution in [0.3, 0.4) is 0 Å². The van der Waals surface area contributed by atoms with Gasteiger partial charge in [0.2, 0.25) is 5.91 Å². The molecule has 0 aliphatic heterocycles. The van der Waals surface area contributed by atoms with Crippen LogP contribution in [-0.4, -0.2) is 39.3 Å². The molecule has 0 radical (unpaired) electrons. The number of benzene rings is 1. The molecule has 0 aliphatic rings. The van der Waals surface area contributed by atoms with Crippen LogP contribution in [0.1, 0.15) is 6.92 Å². The standard InChI is InChI=1S/C13H19ClN2O3/c1-9(8-18-2)16-13(17)7-15-10-4-5-11(14)12(6-10)19-3/h4-6,9,15H,7-8H2,1-3H3,(H,16,17). The Kier molecular flexibility index (Phi) is 6.45. The van der Waals surface area contributed by atoms with Gasteiger partial charge in [-0.1, -0.05) is 11.6 Å². The maximum atomic E-state index is 11.6. The minimum absolute atomic E-state index is 0.0148. The zero-order valence-corrected chi connectivity index (χ0v) is 12.1. The molecule has 0 fully saturated rings. The number of methoxy groups -OCH3 is 2. The zero-order chi connectivity index (χ0) is 14.3. The van der Waals surface area contributed by atoms with Crippen molar-refractivity contribution in [1.29, 1.82) is 0 Å². The largest absolute Gasteiger partial charge is 0.495 e. The number of halogens is 1. The quantitative estimate of drug-likeness (QED) is 0.804. The van der Waals surface area contributed by atoms with Crippen LogP contribution >= 0.6 is 11.6 Å². The molecule has 0 bridgehead atoms. The van der Waals surface area contributed by atoms with E-state index < -0.39 is 0 Å². The van der Waals surface area contributed by atoms with Gasteiger partial charge < -0.3 is 20.1 Å². The Hall–Kier alpha value is -1.46. The smallest absolute Gasteiger partial charge is 0.239 e. The minimum Gasteiger partial charge on any atom is -0.495 e. The molecule has 0 saturated carbocycles. The number of hydrogen-bond acceptors (Lipinski definition) is 4. The fraction of sp³-hybridized carbons (Fsp3) is 0.462. The predicted molar refractivity (Wildman–Crippen MR) is 76.0 cm³/mol. The Morgan fingerprint density at radius 1 is 1.42 bits per heavy atom. The molecule has 1 amide bonds. The molecule has 1 rings (SSSR count). The van der Waals surface area contributed by atoms with Crippen LogP contribution in [0.2, 0.25) is 5.02 Å². The first-order chi connectivity index (χ1) is 9.06. The molecule has 0 spiro atoms. The Labute approximate surface area is 118 Å². The van der Waals surface area contributed by atoms with Gasteiger partial charge in [0.05, 0.1) is 25.3 Å². The fourth-order valence-corrected chi connectivity index (χ4v) is 1.76. The Bertz CT molecular complexity index is 426. The SMILES string of the molecule is COCC(C)NC(=O)CNc1ccc(Cl)c(OC)c1. The van der Waals surface area contributed by atoms with E-state index in [4.69, 9.17) is 21.1 Å². The molecule has 0 aliphatic carbocycles. The number of ether oxygens (including phenoxy) is 2. The number of hydrogen-bond donors (Lipinski definition) is 2. The summed E-state index contributed by atoms with van der Waals surface area (Å²) >= 11 is 5.92. The van der Waals surface area contributed by atoms with Gasteiger partial charge in [0.1, 0.15) is 5.75 Å². The second-order valence-electron chi connectivity index (χ2n) is 4.13. The van der Waals surface area contributed by atoms with Gasteiger partial charge in [-0.05, 0) is 19.1 Å². The van der Waals surface area contributed by atoms with E-state index in [0.29, 0.717) is 17.4 Å². The number of carbonyl (C=O) groups excluding carboxylic acids is 1. The summed E-state index contributed by atoms with van der Waals surface area (Å²) in [4.78, 5) is 11.6. The third-order valence-electron chi connectivity index (χ3n) is 2.43. The van der Waals surface area contributed by atoms with Crippen LogP contribution in [0.15, 0.2) is 18.2 Å². The first kappa shape index (κ1) is 15.6. The van der Waals surface area contributed by atoms with Gasteiger partial charge in [0.15, 0.2) is 0 Å². The van der Waals surface area contributed by atoms with E-state index in [9.17, 15) is 4.79 Å². The molecule has 6 heteroatoms. The van der Waals surface area contributed by atoms with E-state index in [1.54, 1.807) is 32.4 Å². The van der Waals surface area contributed by atoms with Crippen LogP contribution in [0.4, 0.5) is 5.69 Å². The highest BCUT2D eigenvalue weighted by molar-refractivity contribution is 6.32. The highest BCUT2D eigenvalue weighted by atomic mass is 35.5. The van der Waals surface area contributed by atoms with Crippen LogP contribution in [0.5, 0.6) is 5.75 Å². The summed E-state index contributed by atoms with van der Waals surface area (Å²) in [7, 11) is 3.14. The van der Waals surface area contributed by atoms with Crippen molar-refractivity contribution in [1.82, 2.24) is 5.32 Å². The number of rotatable bonds is 7. The summed E-state index contributed by atoms with van der Waals surface area (Å²) in [6.45, 7) is 2.55. The molecular weight excluding hydrogens is 268 g/mol. The zero-order valence-electron chi connectivity index (χ0n) is 11.3. The second-order valence-corrected chi connectivity index (χ2v) is 4.53. The first-order valence-electron chi connectivity index (χ1n) is 5.92. The van der Waals surface area contributed by atoms with Crippen LogP contribution in [0.25, 0.3) is 0 Å². The topological polar surface area (TPSA) is 59.6 Å². The molecule has 19 heavy (non-hydrogen) atoms. The van der Waals surface area contributed by atoms with Crippen molar-refractivity contribution < 1.29 is 14.3 Å². The van der Waals surface area contributed by atoms with Crippen LogP contribution < -0.4 is 15.4 Å². The lowest BCUT2D eigenvalue weighted by Crippen LogP contribution is -2.39. The summed E-state index contributed by atoms with van der Waals surface area (Å²) in [6, 6.07) is 5.23. The summed E-state index contributed by atoms with van der Waals surface area (Å²) in [6.07, 6.45) is 0. The number of nitrogens with one attached hydrogen (secondary N) is 2. The lowest BCUT2D eigenvalue weighted by molar-refractivity contribution is -0.120. The van der Waals surface area contributed by atoms with E-state index >= 15 is 0 Å². The summed E-state index contributed by atoms with van der Waals surface area (Å²) in [5.41, 5.74) is 0.774. The van der Waals surface area contributed by atoms with Crippen molar-refractivity contribution in [2.75, 3.05) is 32.7 Å². The van der Waals surface area contributed by atoms with Gasteiger partial charge in [-0.2, -0.15) is 0 Å². The second kappa shape index (κ2) is 7.86. The Morgan fingerprint density at radius 2 is 2.16 bits per heavy atom. The maximum absolute atomic E-state index is 11.6. The predicted octanol–water partition coefficient (Wildman–Crippen LogP) is 1.91. The molecule has 0 heterocycles. The molecule has 0 aromatic heterocycles. The fourth-order valence-electron chi connectivity index (χ4n) is 1.57.